The van der Waals surface area contributed by atoms with E-state index in [1.807, 2.05) is 0 Å². The molecule has 94 valence electrons. The van der Waals surface area contributed by atoms with Crippen LogP contribution in [0.3, 0.4) is 0 Å². The topological polar surface area (TPSA) is 17.1 Å². The molecule has 18 heavy (non-hydrogen) atoms. The molecule has 0 spiro atoms. The van der Waals surface area contributed by atoms with Crippen molar-refractivity contribution in [3.8, 4) is 11.1 Å². The molecule has 2 aromatic carbocycles. The summed E-state index contributed by atoms with van der Waals surface area (Å²) in [5.41, 5.74) is 5.30. The van der Waals surface area contributed by atoms with Crippen molar-refractivity contribution in [2.45, 2.75) is 27.2 Å². The van der Waals surface area contributed by atoms with Crippen LogP contribution in [0.2, 0.25) is 0 Å². The van der Waals surface area contributed by atoms with Gasteiger partial charge in [0.1, 0.15) is 6.29 Å². The van der Waals surface area contributed by atoms with Gasteiger partial charge in [-0.3, -0.25) is 0 Å². The van der Waals surface area contributed by atoms with E-state index in [2.05, 4.69) is 62.4 Å². The molecule has 0 fully saturated rings. The first-order valence-electron chi connectivity index (χ1n) is 6.27. The van der Waals surface area contributed by atoms with Crippen LogP contribution in [-0.4, -0.2) is 6.29 Å². The van der Waals surface area contributed by atoms with Crippen LogP contribution in [0.25, 0.3) is 11.1 Å². The molecular weight excluding hydrogens is 220 g/mol. The maximum atomic E-state index is 8.81. The summed E-state index contributed by atoms with van der Waals surface area (Å²) in [6, 6.07) is 17.5. The highest BCUT2D eigenvalue weighted by atomic mass is 16.1. The SMILES string of the molecule is CC=O.CCc1ccc(-c2ccc(C)cc2)cc1. The number of hydrogen-bond donors (Lipinski definition) is 0. The molecule has 0 amide bonds. The molecule has 0 aliphatic rings. The lowest BCUT2D eigenvalue weighted by Gasteiger charge is -2.03. The van der Waals surface area contributed by atoms with E-state index in [-0.39, 0.29) is 0 Å². The molecule has 0 aliphatic carbocycles. The zero-order valence-electron chi connectivity index (χ0n) is 11.3. The predicted octanol–water partition coefficient (Wildman–Crippen LogP) is 4.43. The largest absolute Gasteiger partial charge is 0.304 e. The second kappa shape index (κ2) is 7.44. The molecule has 2 rings (SSSR count). The second-order valence-corrected chi connectivity index (χ2v) is 4.15. The van der Waals surface area contributed by atoms with Crippen LogP contribution in [-0.2, 0) is 11.2 Å². The van der Waals surface area contributed by atoms with Crippen molar-refractivity contribution in [1.29, 1.82) is 0 Å². The van der Waals surface area contributed by atoms with E-state index in [4.69, 9.17) is 4.79 Å². The quantitative estimate of drug-likeness (QED) is 0.710. The average Bonchev–Trinajstić information content (AvgIpc) is 2.41. The number of hydrogen-bond acceptors (Lipinski definition) is 1. The summed E-state index contributed by atoms with van der Waals surface area (Å²) in [6.07, 6.45) is 1.86. The highest BCUT2D eigenvalue weighted by Crippen LogP contribution is 2.20. The molecular formula is C17H20O. The number of aldehydes is 1. The van der Waals surface area contributed by atoms with Gasteiger partial charge in [-0.25, -0.2) is 0 Å². The van der Waals surface area contributed by atoms with Gasteiger partial charge in [0.05, 0.1) is 0 Å². The normalized spacial score (nSPS) is 9.28. The first-order valence-corrected chi connectivity index (χ1v) is 6.27. The molecule has 0 N–H and O–H groups in total. The summed E-state index contributed by atoms with van der Waals surface area (Å²) in [6.45, 7) is 5.74. The van der Waals surface area contributed by atoms with E-state index < -0.39 is 0 Å². The lowest BCUT2D eigenvalue weighted by atomic mass is 10.0. The fourth-order valence-electron chi connectivity index (χ4n) is 1.68. The molecule has 1 heteroatoms. The molecule has 1 nitrogen and oxygen atoms in total. The molecule has 0 saturated heterocycles. The van der Waals surface area contributed by atoms with E-state index in [1.54, 1.807) is 0 Å². The number of benzene rings is 2. The molecule has 0 atom stereocenters. The third kappa shape index (κ3) is 4.17. The maximum Gasteiger partial charge on any atom is 0.116 e. The minimum absolute atomic E-state index is 0.750. The lowest BCUT2D eigenvalue weighted by Crippen LogP contribution is -1.81. The van der Waals surface area contributed by atoms with Crippen LogP contribution in [0.1, 0.15) is 25.0 Å². The Hall–Kier alpha value is -1.89. The Morgan fingerprint density at radius 2 is 1.28 bits per heavy atom. The van der Waals surface area contributed by atoms with Crippen LogP contribution >= 0.6 is 0 Å². The third-order valence-electron chi connectivity index (χ3n) is 2.75. The summed E-state index contributed by atoms with van der Waals surface area (Å²) in [7, 11) is 0. The molecule has 0 unspecified atom stereocenters. The molecule has 2 aromatic rings. The van der Waals surface area contributed by atoms with Crippen LogP contribution < -0.4 is 0 Å². The smallest absolute Gasteiger partial charge is 0.116 e. The Labute approximate surface area is 109 Å². The molecule has 0 radical (unpaired) electrons. The summed E-state index contributed by atoms with van der Waals surface area (Å²) in [5, 5.41) is 0. The number of carbonyl (C=O) groups is 1. The standard InChI is InChI=1S/C15H16.C2H4O/c1-3-13-6-10-15(11-7-13)14-8-4-12(2)5-9-14;1-2-3/h4-11H,3H2,1-2H3;2H,1H3. The van der Waals surface area contributed by atoms with Crippen LogP contribution in [0.4, 0.5) is 0 Å². The van der Waals surface area contributed by atoms with E-state index >= 15 is 0 Å². The van der Waals surface area contributed by atoms with Gasteiger partial charge >= 0.3 is 0 Å². The molecule has 0 bridgehead atoms. The number of carbonyl (C=O) groups excluding carboxylic acids is 1. The Bertz CT molecular complexity index is 466. The van der Waals surface area contributed by atoms with Gasteiger partial charge in [-0.1, -0.05) is 61.0 Å². The fraction of sp³-hybridized carbons (Fsp3) is 0.235. The highest BCUT2D eigenvalue weighted by Gasteiger charge is 1.96. The van der Waals surface area contributed by atoms with Crippen LogP contribution in [0.5, 0.6) is 0 Å². The van der Waals surface area contributed by atoms with E-state index in [9.17, 15) is 0 Å². The first-order chi connectivity index (χ1) is 8.71. The van der Waals surface area contributed by atoms with Crippen molar-refractivity contribution < 1.29 is 4.79 Å². The fourth-order valence-corrected chi connectivity index (χ4v) is 1.68. The zero-order chi connectivity index (χ0) is 13.4. The maximum absolute atomic E-state index is 8.81. The minimum Gasteiger partial charge on any atom is -0.304 e. The minimum atomic E-state index is 0.750. The average molecular weight is 240 g/mol. The predicted molar refractivity (Wildman–Crippen MR) is 77.7 cm³/mol. The van der Waals surface area contributed by atoms with Gasteiger partial charge in [0, 0.05) is 0 Å². The first kappa shape index (κ1) is 14.2. The van der Waals surface area contributed by atoms with Crippen molar-refractivity contribution in [3.05, 3.63) is 59.7 Å². The van der Waals surface area contributed by atoms with Gasteiger partial charge in [0.25, 0.3) is 0 Å². The van der Waals surface area contributed by atoms with Crippen molar-refractivity contribution in [2.24, 2.45) is 0 Å². The Kier molecular flexibility index (Phi) is 5.86. The van der Waals surface area contributed by atoms with Gasteiger partial charge in [0.15, 0.2) is 0 Å². The van der Waals surface area contributed by atoms with E-state index in [0.29, 0.717) is 0 Å². The second-order valence-electron chi connectivity index (χ2n) is 4.15. The summed E-state index contributed by atoms with van der Waals surface area (Å²) < 4.78 is 0. The van der Waals surface area contributed by atoms with Crippen LogP contribution in [0.15, 0.2) is 48.5 Å². The van der Waals surface area contributed by atoms with Crippen molar-refractivity contribution in [3.63, 3.8) is 0 Å². The van der Waals surface area contributed by atoms with E-state index in [0.717, 1.165) is 12.7 Å². The van der Waals surface area contributed by atoms with Gasteiger partial charge < -0.3 is 4.79 Å². The van der Waals surface area contributed by atoms with Gasteiger partial charge in [-0.05, 0) is 37.0 Å². The highest BCUT2D eigenvalue weighted by molar-refractivity contribution is 5.63. The molecule has 0 aromatic heterocycles. The van der Waals surface area contributed by atoms with Gasteiger partial charge in [0.2, 0.25) is 0 Å². The monoisotopic (exact) mass is 240 g/mol. The van der Waals surface area contributed by atoms with Crippen molar-refractivity contribution in [2.75, 3.05) is 0 Å². The summed E-state index contributed by atoms with van der Waals surface area (Å²) >= 11 is 0. The zero-order valence-corrected chi connectivity index (χ0v) is 11.3. The number of aryl methyl sites for hydroxylation is 2. The lowest BCUT2D eigenvalue weighted by molar-refractivity contribution is -0.106. The summed E-state index contributed by atoms with van der Waals surface area (Å²) in [5.74, 6) is 0. The Balaban J connectivity index is 0.000000492. The molecule has 0 saturated carbocycles. The third-order valence-corrected chi connectivity index (χ3v) is 2.75. The van der Waals surface area contributed by atoms with Gasteiger partial charge in [-0.2, -0.15) is 0 Å². The Morgan fingerprint density at radius 3 is 1.67 bits per heavy atom. The van der Waals surface area contributed by atoms with Crippen molar-refractivity contribution >= 4 is 6.29 Å². The molecule has 0 heterocycles. The van der Waals surface area contributed by atoms with Gasteiger partial charge in [-0.15, -0.1) is 0 Å². The molecule has 0 aliphatic heterocycles. The Morgan fingerprint density at radius 1 is 0.889 bits per heavy atom. The van der Waals surface area contributed by atoms with Crippen molar-refractivity contribution in [1.82, 2.24) is 0 Å². The number of rotatable bonds is 2. The van der Waals surface area contributed by atoms with E-state index in [1.165, 1.54) is 29.2 Å². The van der Waals surface area contributed by atoms with Crippen LogP contribution in [0, 0.1) is 6.92 Å². The summed E-state index contributed by atoms with van der Waals surface area (Å²) in [4.78, 5) is 8.81.